The summed E-state index contributed by atoms with van der Waals surface area (Å²) in [7, 11) is 0. The third-order valence-electron chi connectivity index (χ3n) is 5.27. The number of amides is 1. The maximum absolute atomic E-state index is 13.3. The Hall–Kier alpha value is -3.65. The number of benzene rings is 2. The first-order valence-electron chi connectivity index (χ1n) is 10.4. The highest BCUT2D eigenvalue weighted by atomic mass is 32.1. The molecule has 7 nitrogen and oxygen atoms in total. The van der Waals surface area contributed by atoms with Crippen molar-refractivity contribution in [1.29, 1.82) is 0 Å². The van der Waals surface area contributed by atoms with Gasteiger partial charge in [-0.3, -0.25) is 9.59 Å². The summed E-state index contributed by atoms with van der Waals surface area (Å²) in [6.45, 7) is 1.45. The molecule has 1 aliphatic rings. The number of fused-ring (bicyclic) bond motifs is 2. The van der Waals surface area contributed by atoms with E-state index < -0.39 is 0 Å². The molecule has 0 atom stereocenters. The fourth-order valence-corrected chi connectivity index (χ4v) is 4.39. The molecular weight excluding hydrogens is 426 g/mol. The smallest absolute Gasteiger partial charge is 0.258 e. The van der Waals surface area contributed by atoms with Crippen molar-refractivity contribution in [2.75, 3.05) is 18.1 Å². The summed E-state index contributed by atoms with van der Waals surface area (Å²) in [5, 5.41) is 2.53. The van der Waals surface area contributed by atoms with E-state index in [1.54, 1.807) is 34.4 Å². The number of hydrogen-bond donors (Lipinski definition) is 1. The highest BCUT2D eigenvalue weighted by molar-refractivity contribution is 7.09. The maximum Gasteiger partial charge on any atom is 0.258 e. The number of carbonyl (C=O) groups excluding carboxylic acids is 1. The van der Waals surface area contributed by atoms with Crippen LogP contribution < -0.4 is 19.9 Å². The molecule has 32 heavy (non-hydrogen) atoms. The molecule has 162 valence electrons. The molecular formula is C24H21N3O4S. The van der Waals surface area contributed by atoms with E-state index in [4.69, 9.17) is 9.47 Å². The van der Waals surface area contributed by atoms with E-state index in [1.807, 2.05) is 41.8 Å². The van der Waals surface area contributed by atoms with Crippen LogP contribution in [0.5, 0.6) is 11.5 Å². The van der Waals surface area contributed by atoms with Gasteiger partial charge in [0.05, 0.1) is 17.4 Å². The summed E-state index contributed by atoms with van der Waals surface area (Å²) in [4.78, 5) is 35.8. The largest absolute Gasteiger partial charge is 0.486 e. The lowest BCUT2D eigenvalue weighted by Crippen LogP contribution is -2.30. The number of aromatic amines is 1. The van der Waals surface area contributed by atoms with Crippen LogP contribution in [0.2, 0.25) is 0 Å². The lowest BCUT2D eigenvalue weighted by molar-refractivity contribution is -0.118. The van der Waals surface area contributed by atoms with Crippen molar-refractivity contribution in [2.24, 2.45) is 0 Å². The Kier molecular flexibility index (Phi) is 5.60. The molecule has 3 heterocycles. The van der Waals surface area contributed by atoms with Crippen LogP contribution in [0, 0.1) is 0 Å². The third kappa shape index (κ3) is 4.22. The summed E-state index contributed by atoms with van der Waals surface area (Å²) in [5.41, 5.74) is 1.17. The molecule has 1 amide bonds. The second kappa shape index (κ2) is 8.84. The Morgan fingerprint density at radius 3 is 2.75 bits per heavy atom. The van der Waals surface area contributed by atoms with Gasteiger partial charge in [0, 0.05) is 29.5 Å². The van der Waals surface area contributed by atoms with Gasteiger partial charge in [0.1, 0.15) is 19.0 Å². The van der Waals surface area contributed by atoms with Crippen LogP contribution in [-0.2, 0) is 17.8 Å². The number of nitrogens with zero attached hydrogens (tertiary/aromatic N) is 2. The van der Waals surface area contributed by atoms with E-state index in [0.29, 0.717) is 54.4 Å². The van der Waals surface area contributed by atoms with E-state index in [2.05, 4.69) is 9.97 Å². The standard InChI is InChI=1S/C24H21N3O4S/c28-23(10-9-22-25-19-6-2-1-5-18(19)24(29)26-22)27(15-17-4-3-13-32-17)16-7-8-20-21(14-16)31-12-11-30-20/h1-8,13-14H,9-12,15H2,(H,25,26,29). The van der Waals surface area contributed by atoms with Crippen molar-refractivity contribution < 1.29 is 14.3 Å². The molecule has 0 bridgehead atoms. The van der Waals surface area contributed by atoms with E-state index in [9.17, 15) is 9.59 Å². The molecule has 8 heteroatoms. The van der Waals surface area contributed by atoms with Crippen LogP contribution in [0.25, 0.3) is 10.9 Å². The van der Waals surface area contributed by atoms with Crippen molar-refractivity contribution in [1.82, 2.24) is 9.97 Å². The number of para-hydroxylation sites is 1. The number of nitrogens with one attached hydrogen (secondary N) is 1. The van der Waals surface area contributed by atoms with Gasteiger partial charge in [0.25, 0.3) is 5.56 Å². The maximum atomic E-state index is 13.3. The van der Waals surface area contributed by atoms with Gasteiger partial charge in [0.2, 0.25) is 5.91 Å². The van der Waals surface area contributed by atoms with E-state index >= 15 is 0 Å². The molecule has 1 N–H and O–H groups in total. The first-order chi connectivity index (χ1) is 15.7. The van der Waals surface area contributed by atoms with Gasteiger partial charge < -0.3 is 19.4 Å². The molecule has 0 unspecified atom stereocenters. The second-order valence-corrected chi connectivity index (χ2v) is 8.45. The molecule has 0 saturated carbocycles. The number of H-pyrrole nitrogens is 1. The number of rotatable bonds is 6. The number of thiophene rings is 1. The van der Waals surface area contributed by atoms with Gasteiger partial charge in [-0.05, 0) is 35.7 Å². The van der Waals surface area contributed by atoms with E-state index in [0.717, 1.165) is 10.6 Å². The monoisotopic (exact) mass is 447 g/mol. The minimum atomic E-state index is -0.194. The van der Waals surface area contributed by atoms with Crippen LogP contribution in [0.15, 0.2) is 64.8 Å². The van der Waals surface area contributed by atoms with Gasteiger partial charge in [-0.25, -0.2) is 4.98 Å². The molecule has 1 aliphatic heterocycles. The first kappa shape index (κ1) is 20.3. The number of ether oxygens (including phenoxy) is 2. The SMILES string of the molecule is O=C(CCc1nc2ccccc2c(=O)[nH]1)N(Cc1cccs1)c1ccc2c(c1)OCCO2. The van der Waals surface area contributed by atoms with Crippen molar-refractivity contribution in [3.05, 3.63) is 81.0 Å². The predicted octanol–water partition coefficient (Wildman–Crippen LogP) is 3.92. The van der Waals surface area contributed by atoms with Crippen molar-refractivity contribution >= 4 is 33.8 Å². The fourth-order valence-electron chi connectivity index (χ4n) is 3.70. The minimum absolute atomic E-state index is 0.0640. The summed E-state index contributed by atoms with van der Waals surface area (Å²) in [5.74, 6) is 1.76. The molecule has 2 aromatic heterocycles. The topological polar surface area (TPSA) is 84.5 Å². The average Bonchev–Trinajstić information content (AvgIpc) is 3.34. The Labute approximate surface area is 188 Å². The Morgan fingerprint density at radius 2 is 1.91 bits per heavy atom. The van der Waals surface area contributed by atoms with E-state index in [1.165, 1.54) is 0 Å². The Morgan fingerprint density at radius 1 is 1.06 bits per heavy atom. The van der Waals surface area contributed by atoms with Crippen molar-refractivity contribution in [3.8, 4) is 11.5 Å². The van der Waals surface area contributed by atoms with Gasteiger partial charge >= 0.3 is 0 Å². The first-order valence-corrected chi connectivity index (χ1v) is 11.3. The normalized spacial score (nSPS) is 12.6. The quantitative estimate of drug-likeness (QED) is 0.484. The molecule has 0 radical (unpaired) electrons. The van der Waals surface area contributed by atoms with Crippen LogP contribution in [-0.4, -0.2) is 29.1 Å². The molecule has 4 aromatic rings. The van der Waals surface area contributed by atoms with Gasteiger partial charge in [-0.2, -0.15) is 0 Å². The molecule has 5 rings (SSSR count). The number of aryl methyl sites for hydroxylation is 1. The minimum Gasteiger partial charge on any atom is -0.486 e. The van der Waals surface area contributed by atoms with E-state index in [-0.39, 0.29) is 17.9 Å². The van der Waals surface area contributed by atoms with Crippen molar-refractivity contribution in [3.63, 3.8) is 0 Å². The lowest BCUT2D eigenvalue weighted by atomic mass is 10.2. The summed E-state index contributed by atoms with van der Waals surface area (Å²) >= 11 is 1.60. The highest BCUT2D eigenvalue weighted by Gasteiger charge is 2.21. The fraction of sp³-hybridized carbons (Fsp3) is 0.208. The Balaban J connectivity index is 1.39. The highest BCUT2D eigenvalue weighted by Crippen LogP contribution is 2.35. The summed E-state index contributed by atoms with van der Waals surface area (Å²) < 4.78 is 11.3. The predicted molar refractivity (Wildman–Crippen MR) is 124 cm³/mol. The molecule has 0 fully saturated rings. The van der Waals surface area contributed by atoms with Gasteiger partial charge in [0.15, 0.2) is 11.5 Å². The van der Waals surface area contributed by atoms with Crippen LogP contribution in [0.1, 0.15) is 17.1 Å². The number of carbonyl (C=O) groups is 1. The Bertz CT molecular complexity index is 1320. The molecule has 2 aromatic carbocycles. The number of hydrogen-bond acceptors (Lipinski definition) is 6. The lowest BCUT2D eigenvalue weighted by Gasteiger charge is -2.25. The van der Waals surface area contributed by atoms with Crippen LogP contribution in [0.3, 0.4) is 0 Å². The zero-order chi connectivity index (χ0) is 21.9. The summed E-state index contributed by atoms with van der Waals surface area (Å²) in [6.07, 6.45) is 0.547. The third-order valence-corrected chi connectivity index (χ3v) is 6.13. The molecule has 0 saturated heterocycles. The zero-order valence-corrected chi connectivity index (χ0v) is 18.1. The summed E-state index contributed by atoms with van der Waals surface area (Å²) in [6, 6.07) is 16.7. The van der Waals surface area contributed by atoms with Gasteiger partial charge in [-0.15, -0.1) is 11.3 Å². The molecule has 0 spiro atoms. The average molecular weight is 448 g/mol. The second-order valence-electron chi connectivity index (χ2n) is 7.42. The van der Waals surface area contributed by atoms with Crippen LogP contribution in [0.4, 0.5) is 5.69 Å². The zero-order valence-electron chi connectivity index (χ0n) is 17.2. The van der Waals surface area contributed by atoms with Gasteiger partial charge in [-0.1, -0.05) is 18.2 Å². The van der Waals surface area contributed by atoms with Crippen LogP contribution >= 0.6 is 11.3 Å². The number of aromatic nitrogens is 2. The molecule has 0 aliphatic carbocycles. The number of anilines is 1. The van der Waals surface area contributed by atoms with Crippen molar-refractivity contribution in [2.45, 2.75) is 19.4 Å².